The van der Waals surface area contributed by atoms with Gasteiger partial charge in [-0.2, -0.15) is 0 Å². The predicted octanol–water partition coefficient (Wildman–Crippen LogP) is 4.04. The second kappa shape index (κ2) is 5.37. The Labute approximate surface area is 128 Å². The number of alkyl halides is 1. The highest BCUT2D eigenvalue weighted by atomic mass is 35.5. The number of benzene rings is 1. The van der Waals surface area contributed by atoms with E-state index in [4.69, 9.17) is 16.3 Å². The van der Waals surface area contributed by atoms with Gasteiger partial charge in [0.25, 0.3) is 0 Å². The summed E-state index contributed by atoms with van der Waals surface area (Å²) in [4.78, 5) is 9.15. The van der Waals surface area contributed by atoms with Gasteiger partial charge in [-0.25, -0.2) is 9.97 Å². The monoisotopic (exact) mass is 301 g/mol. The van der Waals surface area contributed by atoms with Crippen LogP contribution in [0.4, 0.5) is 0 Å². The van der Waals surface area contributed by atoms with Gasteiger partial charge in [0.05, 0.1) is 18.2 Å². The molecule has 2 aromatic heterocycles. The lowest BCUT2D eigenvalue weighted by atomic mass is 10.2. The molecule has 2 heterocycles. The SMILES string of the molecule is COc1cccc(-n2c(C(C)Cl)nc3cc(C)cnc32)c1. The van der Waals surface area contributed by atoms with Gasteiger partial charge in [-0.05, 0) is 37.6 Å². The summed E-state index contributed by atoms with van der Waals surface area (Å²) < 4.78 is 7.28. The number of halogens is 1. The van der Waals surface area contributed by atoms with Crippen LogP contribution in [0.1, 0.15) is 23.7 Å². The maximum atomic E-state index is 6.30. The number of hydrogen-bond acceptors (Lipinski definition) is 3. The fourth-order valence-electron chi connectivity index (χ4n) is 2.35. The Kier molecular flexibility index (Phi) is 3.55. The molecule has 0 saturated heterocycles. The van der Waals surface area contributed by atoms with Gasteiger partial charge >= 0.3 is 0 Å². The third-order valence-electron chi connectivity index (χ3n) is 3.33. The Balaban J connectivity index is 2.30. The van der Waals surface area contributed by atoms with Crippen molar-refractivity contribution >= 4 is 22.8 Å². The van der Waals surface area contributed by atoms with E-state index in [1.807, 2.05) is 54.9 Å². The zero-order valence-corrected chi connectivity index (χ0v) is 12.9. The van der Waals surface area contributed by atoms with Crippen LogP contribution < -0.4 is 4.74 Å². The van der Waals surface area contributed by atoms with Gasteiger partial charge in [0, 0.05) is 12.3 Å². The highest BCUT2D eigenvalue weighted by Gasteiger charge is 2.17. The Bertz CT molecular complexity index is 795. The third-order valence-corrected chi connectivity index (χ3v) is 3.52. The summed E-state index contributed by atoms with van der Waals surface area (Å²) in [6.45, 7) is 3.91. The first-order valence-corrected chi connectivity index (χ1v) is 7.17. The van der Waals surface area contributed by atoms with Crippen LogP contribution in [0.15, 0.2) is 36.5 Å². The quantitative estimate of drug-likeness (QED) is 0.686. The standard InChI is InChI=1S/C16H16ClN3O/c1-10-7-14-16(18-9-10)20(15(19-14)11(2)17)12-5-4-6-13(8-12)21-3/h4-9,11H,1-3H3. The van der Waals surface area contributed by atoms with Gasteiger partial charge in [0.15, 0.2) is 5.65 Å². The molecule has 3 aromatic rings. The number of aryl methyl sites for hydroxylation is 1. The summed E-state index contributed by atoms with van der Waals surface area (Å²) in [6.07, 6.45) is 1.84. The second-order valence-corrected chi connectivity index (χ2v) is 5.63. The van der Waals surface area contributed by atoms with Crippen LogP contribution in [0.2, 0.25) is 0 Å². The lowest BCUT2D eigenvalue weighted by molar-refractivity contribution is 0.414. The number of ether oxygens (including phenoxy) is 1. The fraction of sp³-hybridized carbons (Fsp3) is 0.250. The largest absolute Gasteiger partial charge is 0.497 e. The number of imidazole rings is 1. The molecule has 108 valence electrons. The molecule has 0 fully saturated rings. The molecule has 0 aliphatic heterocycles. The first-order valence-electron chi connectivity index (χ1n) is 6.73. The van der Waals surface area contributed by atoms with Crippen LogP contribution >= 0.6 is 11.6 Å². The van der Waals surface area contributed by atoms with E-state index >= 15 is 0 Å². The number of hydrogen-bond donors (Lipinski definition) is 0. The molecule has 0 aliphatic carbocycles. The number of rotatable bonds is 3. The molecule has 5 heteroatoms. The molecule has 0 aliphatic rings. The number of methoxy groups -OCH3 is 1. The number of aromatic nitrogens is 3. The van der Waals surface area contributed by atoms with E-state index in [1.54, 1.807) is 7.11 Å². The maximum Gasteiger partial charge on any atom is 0.164 e. The number of pyridine rings is 1. The molecule has 4 nitrogen and oxygen atoms in total. The lowest BCUT2D eigenvalue weighted by Gasteiger charge is -2.11. The van der Waals surface area contributed by atoms with E-state index in [2.05, 4.69) is 9.97 Å². The van der Waals surface area contributed by atoms with Crippen molar-refractivity contribution in [2.24, 2.45) is 0 Å². The summed E-state index contributed by atoms with van der Waals surface area (Å²) >= 11 is 6.30. The van der Waals surface area contributed by atoms with Crippen molar-refractivity contribution in [2.75, 3.05) is 7.11 Å². The highest BCUT2D eigenvalue weighted by molar-refractivity contribution is 6.20. The molecule has 0 spiro atoms. The zero-order chi connectivity index (χ0) is 15.0. The molecule has 0 N–H and O–H groups in total. The van der Waals surface area contributed by atoms with Crippen molar-refractivity contribution in [1.29, 1.82) is 0 Å². The van der Waals surface area contributed by atoms with Crippen molar-refractivity contribution in [3.8, 4) is 11.4 Å². The molecule has 21 heavy (non-hydrogen) atoms. The molecule has 1 aromatic carbocycles. The fourth-order valence-corrected chi connectivity index (χ4v) is 2.50. The van der Waals surface area contributed by atoms with Crippen LogP contribution in [-0.4, -0.2) is 21.6 Å². The van der Waals surface area contributed by atoms with E-state index in [-0.39, 0.29) is 5.38 Å². The summed E-state index contributed by atoms with van der Waals surface area (Å²) in [5.74, 6) is 1.56. The molecule has 0 saturated carbocycles. The normalized spacial score (nSPS) is 12.6. The predicted molar refractivity (Wildman–Crippen MR) is 84.4 cm³/mol. The smallest absolute Gasteiger partial charge is 0.164 e. The van der Waals surface area contributed by atoms with E-state index < -0.39 is 0 Å². The minimum atomic E-state index is -0.217. The maximum absolute atomic E-state index is 6.30. The van der Waals surface area contributed by atoms with Gasteiger partial charge in [0.2, 0.25) is 0 Å². The van der Waals surface area contributed by atoms with Gasteiger partial charge in [-0.3, -0.25) is 4.57 Å². The minimum Gasteiger partial charge on any atom is -0.497 e. The Morgan fingerprint density at radius 1 is 1.29 bits per heavy atom. The molecule has 3 rings (SSSR count). The molecule has 1 atom stereocenters. The second-order valence-electron chi connectivity index (χ2n) is 4.98. The molecule has 0 bridgehead atoms. The summed E-state index contributed by atoms with van der Waals surface area (Å²) in [5.41, 5.74) is 3.67. The molecular weight excluding hydrogens is 286 g/mol. The van der Waals surface area contributed by atoms with Gasteiger partial charge in [-0.1, -0.05) is 6.07 Å². The Morgan fingerprint density at radius 3 is 2.81 bits per heavy atom. The van der Waals surface area contributed by atoms with Gasteiger partial charge in [-0.15, -0.1) is 11.6 Å². The van der Waals surface area contributed by atoms with Crippen molar-refractivity contribution in [2.45, 2.75) is 19.2 Å². The number of nitrogens with zero attached hydrogens (tertiary/aromatic N) is 3. The average molecular weight is 302 g/mol. The zero-order valence-electron chi connectivity index (χ0n) is 12.2. The minimum absolute atomic E-state index is 0.217. The molecule has 1 unspecified atom stereocenters. The first kappa shape index (κ1) is 13.9. The van der Waals surface area contributed by atoms with E-state index in [0.29, 0.717) is 0 Å². The molecule has 0 radical (unpaired) electrons. The summed E-state index contributed by atoms with van der Waals surface area (Å²) in [7, 11) is 1.65. The highest BCUT2D eigenvalue weighted by Crippen LogP contribution is 2.28. The van der Waals surface area contributed by atoms with Crippen LogP contribution in [0.25, 0.3) is 16.9 Å². The molecular formula is C16H16ClN3O. The summed E-state index contributed by atoms with van der Waals surface area (Å²) in [6, 6.07) is 9.81. The van der Waals surface area contributed by atoms with E-state index in [0.717, 1.165) is 34.0 Å². The van der Waals surface area contributed by atoms with Crippen molar-refractivity contribution < 1.29 is 4.74 Å². The molecule has 0 amide bonds. The Morgan fingerprint density at radius 2 is 2.10 bits per heavy atom. The van der Waals surface area contributed by atoms with Crippen LogP contribution in [0.5, 0.6) is 5.75 Å². The van der Waals surface area contributed by atoms with E-state index in [1.165, 1.54) is 0 Å². The lowest BCUT2D eigenvalue weighted by Crippen LogP contribution is -2.03. The van der Waals surface area contributed by atoms with Gasteiger partial charge < -0.3 is 4.74 Å². The van der Waals surface area contributed by atoms with Crippen molar-refractivity contribution in [1.82, 2.24) is 14.5 Å². The average Bonchev–Trinajstić information content (AvgIpc) is 2.86. The van der Waals surface area contributed by atoms with Crippen molar-refractivity contribution in [3.63, 3.8) is 0 Å². The first-order chi connectivity index (χ1) is 10.1. The Hall–Kier alpha value is -2.07. The van der Waals surface area contributed by atoms with Crippen molar-refractivity contribution in [3.05, 3.63) is 47.9 Å². The van der Waals surface area contributed by atoms with E-state index in [9.17, 15) is 0 Å². The van der Waals surface area contributed by atoms with Crippen LogP contribution in [0.3, 0.4) is 0 Å². The van der Waals surface area contributed by atoms with Gasteiger partial charge in [0.1, 0.15) is 17.1 Å². The third kappa shape index (κ3) is 2.47. The van der Waals surface area contributed by atoms with Crippen LogP contribution in [-0.2, 0) is 0 Å². The number of fused-ring (bicyclic) bond motifs is 1. The summed E-state index contributed by atoms with van der Waals surface area (Å²) in [5, 5.41) is -0.217. The topological polar surface area (TPSA) is 39.9 Å². The van der Waals surface area contributed by atoms with Crippen LogP contribution in [0, 0.1) is 6.92 Å².